The van der Waals surface area contributed by atoms with Crippen LogP contribution in [0.2, 0.25) is 0 Å². The van der Waals surface area contributed by atoms with Gasteiger partial charge < -0.3 is 18.9 Å². The summed E-state index contributed by atoms with van der Waals surface area (Å²) in [5, 5.41) is 4.16. The van der Waals surface area contributed by atoms with E-state index in [-0.39, 0.29) is 6.04 Å². The minimum Gasteiger partial charge on any atom is -0.497 e. The molecule has 0 N–H and O–H groups in total. The topological polar surface area (TPSA) is 60.6 Å². The van der Waals surface area contributed by atoms with Crippen LogP contribution in [0.1, 0.15) is 24.4 Å². The van der Waals surface area contributed by atoms with E-state index in [0.717, 1.165) is 36.4 Å². The number of anilines is 1. The second-order valence-electron chi connectivity index (χ2n) is 6.26. The van der Waals surface area contributed by atoms with E-state index >= 15 is 0 Å². The largest absolute Gasteiger partial charge is 0.497 e. The second-order valence-corrected chi connectivity index (χ2v) is 6.26. The smallest absolute Gasteiger partial charge is 0.324 e. The minimum absolute atomic E-state index is 0.212. The molecular weight excluding hydrogens is 330 g/mol. The minimum atomic E-state index is 0.212. The maximum Gasteiger partial charge on any atom is 0.324 e. The van der Waals surface area contributed by atoms with Gasteiger partial charge in [-0.05, 0) is 42.7 Å². The van der Waals surface area contributed by atoms with Gasteiger partial charge in [0.25, 0.3) is 0 Å². The van der Waals surface area contributed by atoms with Gasteiger partial charge in [-0.15, -0.1) is 0 Å². The van der Waals surface area contributed by atoms with Crippen LogP contribution in [-0.2, 0) is 0 Å². The number of nitrogens with zero attached hydrogens (tertiary/aromatic N) is 3. The van der Waals surface area contributed by atoms with Gasteiger partial charge in [0.1, 0.15) is 11.5 Å². The normalized spacial score (nSPS) is 16.7. The fraction of sp³-hybridized carbons (Fsp3) is 0.300. The first-order valence-corrected chi connectivity index (χ1v) is 8.67. The predicted octanol–water partition coefficient (Wildman–Crippen LogP) is 4.10. The molecule has 2 heterocycles. The molecule has 6 nitrogen and oxygen atoms in total. The lowest BCUT2D eigenvalue weighted by molar-refractivity contribution is 0.408. The predicted molar refractivity (Wildman–Crippen MR) is 98.6 cm³/mol. The Morgan fingerprint density at radius 1 is 1.04 bits per heavy atom. The highest BCUT2D eigenvalue weighted by Gasteiger charge is 2.30. The first-order valence-electron chi connectivity index (χ1n) is 8.67. The van der Waals surface area contributed by atoms with Crippen molar-refractivity contribution >= 4 is 6.01 Å². The molecule has 1 saturated heterocycles. The zero-order valence-corrected chi connectivity index (χ0v) is 14.9. The SMILES string of the molecule is COc1cccc(-c2noc(N3CCCC3c3cccc(OC)c3)n2)c1. The average molecular weight is 351 g/mol. The van der Waals surface area contributed by atoms with Gasteiger partial charge >= 0.3 is 6.01 Å². The molecule has 2 aromatic carbocycles. The molecule has 6 heteroatoms. The highest BCUT2D eigenvalue weighted by molar-refractivity contribution is 5.58. The molecule has 1 aromatic heterocycles. The summed E-state index contributed by atoms with van der Waals surface area (Å²) in [4.78, 5) is 6.79. The van der Waals surface area contributed by atoms with Gasteiger partial charge in [-0.1, -0.05) is 29.4 Å². The maximum atomic E-state index is 5.58. The summed E-state index contributed by atoms with van der Waals surface area (Å²) in [7, 11) is 3.33. The van der Waals surface area contributed by atoms with Crippen molar-refractivity contribution in [3.05, 3.63) is 54.1 Å². The Kier molecular flexibility index (Phi) is 4.48. The Morgan fingerprint density at radius 3 is 2.62 bits per heavy atom. The van der Waals surface area contributed by atoms with E-state index in [2.05, 4.69) is 27.2 Å². The highest BCUT2D eigenvalue weighted by atomic mass is 16.5. The molecular formula is C20H21N3O3. The molecule has 134 valence electrons. The van der Waals surface area contributed by atoms with E-state index in [9.17, 15) is 0 Å². The van der Waals surface area contributed by atoms with Gasteiger partial charge in [0, 0.05) is 12.1 Å². The van der Waals surface area contributed by atoms with E-state index < -0.39 is 0 Å². The van der Waals surface area contributed by atoms with Crippen LogP contribution in [-0.4, -0.2) is 30.9 Å². The standard InChI is InChI=1S/C20H21N3O3/c1-24-16-8-3-6-14(12-16)18-10-5-11-23(18)20-21-19(22-26-20)15-7-4-9-17(13-15)25-2/h3-4,6-9,12-13,18H,5,10-11H2,1-2H3. The first kappa shape index (κ1) is 16.4. The Hall–Kier alpha value is -3.02. The van der Waals surface area contributed by atoms with E-state index in [1.54, 1.807) is 14.2 Å². The fourth-order valence-corrected chi connectivity index (χ4v) is 3.40. The average Bonchev–Trinajstić information content (AvgIpc) is 3.37. The molecule has 1 fully saturated rings. The molecule has 1 atom stereocenters. The lowest BCUT2D eigenvalue weighted by Crippen LogP contribution is -2.22. The lowest BCUT2D eigenvalue weighted by atomic mass is 10.0. The highest BCUT2D eigenvalue weighted by Crippen LogP contribution is 2.37. The zero-order chi connectivity index (χ0) is 17.9. The molecule has 3 aromatic rings. The van der Waals surface area contributed by atoms with Crippen LogP contribution >= 0.6 is 0 Å². The van der Waals surface area contributed by atoms with Gasteiger partial charge in [0.15, 0.2) is 0 Å². The van der Waals surface area contributed by atoms with Crippen molar-refractivity contribution < 1.29 is 14.0 Å². The fourth-order valence-electron chi connectivity index (χ4n) is 3.40. The van der Waals surface area contributed by atoms with Crippen LogP contribution in [0.4, 0.5) is 6.01 Å². The van der Waals surface area contributed by atoms with E-state index in [0.29, 0.717) is 11.8 Å². The van der Waals surface area contributed by atoms with Crippen molar-refractivity contribution in [3.63, 3.8) is 0 Å². The molecule has 1 aliphatic rings. The Morgan fingerprint density at radius 2 is 1.81 bits per heavy atom. The van der Waals surface area contributed by atoms with E-state index in [1.165, 1.54) is 5.56 Å². The summed E-state index contributed by atoms with van der Waals surface area (Å²) in [5.41, 5.74) is 2.07. The van der Waals surface area contributed by atoms with Crippen molar-refractivity contribution in [3.8, 4) is 22.9 Å². The quantitative estimate of drug-likeness (QED) is 0.690. The van der Waals surface area contributed by atoms with Gasteiger partial charge in [0.05, 0.1) is 20.3 Å². The van der Waals surface area contributed by atoms with Crippen molar-refractivity contribution in [2.75, 3.05) is 25.7 Å². The summed E-state index contributed by atoms with van der Waals surface area (Å²) < 4.78 is 16.2. The van der Waals surface area contributed by atoms with Crippen LogP contribution in [0.3, 0.4) is 0 Å². The van der Waals surface area contributed by atoms with Crippen molar-refractivity contribution in [1.82, 2.24) is 10.1 Å². The van der Waals surface area contributed by atoms with Crippen LogP contribution in [0.5, 0.6) is 11.5 Å². The molecule has 0 amide bonds. The molecule has 0 bridgehead atoms. The maximum absolute atomic E-state index is 5.58. The van der Waals surface area contributed by atoms with Crippen molar-refractivity contribution in [2.24, 2.45) is 0 Å². The molecule has 0 aliphatic carbocycles. The van der Waals surface area contributed by atoms with Crippen LogP contribution in [0, 0.1) is 0 Å². The summed E-state index contributed by atoms with van der Waals surface area (Å²) >= 11 is 0. The molecule has 4 rings (SSSR count). The molecule has 0 saturated carbocycles. The molecule has 0 spiro atoms. The third-order valence-corrected chi connectivity index (χ3v) is 4.72. The Labute approximate surface area is 152 Å². The lowest BCUT2D eigenvalue weighted by Gasteiger charge is -2.22. The number of hydrogen-bond acceptors (Lipinski definition) is 6. The van der Waals surface area contributed by atoms with Crippen molar-refractivity contribution in [1.29, 1.82) is 0 Å². The van der Waals surface area contributed by atoms with E-state index in [4.69, 9.17) is 14.0 Å². The van der Waals surface area contributed by atoms with Crippen LogP contribution < -0.4 is 14.4 Å². The summed E-state index contributed by atoms with van der Waals surface area (Å²) in [6.07, 6.45) is 2.13. The molecule has 1 aliphatic heterocycles. The second kappa shape index (κ2) is 7.07. The number of benzene rings is 2. The van der Waals surface area contributed by atoms with Crippen LogP contribution in [0.25, 0.3) is 11.4 Å². The summed E-state index contributed by atoms with van der Waals surface area (Å²) in [5.74, 6) is 2.19. The third-order valence-electron chi connectivity index (χ3n) is 4.72. The van der Waals surface area contributed by atoms with Crippen LogP contribution in [0.15, 0.2) is 53.1 Å². The number of methoxy groups -OCH3 is 2. The molecule has 26 heavy (non-hydrogen) atoms. The Balaban J connectivity index is 1.61. The van der Waals surface area contributed by atoms with Gasteiger partial charge in [-0.25, -0.2) is 0 Å². The monoisotopic (exact) mass is 351 g/mol. The number of hydrogen-bond donors (Lipinski definition) is 0. The number of aromatic nitrogens is 2. The molecule has 1 unspecified atom stereocenters. The van der Waals surface area contributed by atoms with Gasteiger partial charge in [-0.3, -0.25) is 0 Å². The van der Waals surface area contributed by atoms with Gasteiger partial charge in [0.2, 0.25) is 5.82 Å². The summed E-state index contributed by atoms with van der Waals surface area (Å²) in [6, 6.07) is 16.6. The summed E-state index contributed by atoms with van der Waals surface area (Å²) in [6.45, 7) is 0.890. The van der Waals surface area contributed by atoms with Gasteiger partial charge in [-0.2, -0.15) is 4.98 Å². The van der Waals surface area contributed by atoms with Crippen molar-refractivity contribution in [2.45, 2.75) is 18.9 Å². The van der Waals surface area contributed by atoms with E-state index in [1.807, 2.05) is 36.4 Å². The first-order chi connectivity index (χ1) is 12.8. The third kappa shape index (κ3) is 3.10. The molecule has 0 radical (unpaired) electrons. The Bertz CT molecular complexity index is 893. The number of ether oxygens (including phenoxy) is 2. The number of rotatable bonds is 5. The zero-order valence-electron chi connectivity index (χ0n) is 14.9.